The summed E-state index contributed by atoms with van der Waals surface area (Å²) in [7, 11) is 0. The zero-order valence-electron chi connectivity index (χ0n) is 8.45. The van der Waals surface area contributed by atoms with Crippen LogP contribution in [0.4, 0.5) is 5.95 Å². The van der Waals surface area contributed by atoms with Crippen molar-refractivity contribution < 1.29 is 0 Å². The van der Waals surface area contributed by atoms with Crippen molar-refractivity contribution in [2.24, 2.45) is 11.7 Å². The molecule has 2 rings (SSSR count). The van der Waals surface area contributed by atoms with E-state index in [4.69, 9.17) is 5.73 Å². The SMILES string of the molecule is NCC1CCCCN(c2ncc[nH]2)C1. The number of hydrogen-bond donors (Lipinski definition) is 2. The number of imidazole rings is 1. The van der Waals surface area contributed by atoms with Gasteiger partial charge in [-0.25, -0.2) is 4.98 Å². The molecule has 1 aliphatic heterocycles. The summed E-state index contributed by atoms with van der Waals surface area (Å²) in [5.41, 5.74) is 5.73. The molecule has 1 saturated heterocycles. The number of nitrogens with one attached hydrogen (secondary N) is 1. The molecule has 1 aromatic rings. The fourth-order valence-electron chi connectivity index (χ4n) is 2.04. The molecule has 4 heteroatoms. The lowest BCUT2D eigenvalue weighted by molar-refractivity contribution is 0.506. The molecule has 0 aromatic carbocycles. The summed E-state index contributed by atoms with van der Waals surface area (Å²) < 4.78 is 0. The predicted molar refractivity (Wildman–Crippen MR) is 57.2 cm³/mol. The van der Waals surface area contributed by atoms with Crippen LogP contribution < -0.4 is 10.6 Å². The van der Waals surface area contributed by atoms with Gasteiger partial charge in [-0.15, -0.1) is 0 Å². The van der Waals surface area contributed by atoms with Crippen molar-refractivity contribution in [3.05, 3.63) is 12.4 Å². The Balaban J connectivity index is 2.03. The van der Waals surface area contributed by atoms with Gasteiger partial charge >= 0.3 is 0 Å². The molecule has 0 aliphatic carbocycles. The van der Waals surface area contributed by atoms with E-state index in [0.29, 0.717) is 5.92 Å². The fraction of sp³-hybridized carbons (Fsp3) is 0.700. The molecule has 2 heterocycles. The van der Waals surface area contributed by atoms with Crippen molar-refractivity contribution in [3.8, 4) is 0 Å². The molecule has 0 radical (unpaired) electrons. The van der Waals surface area contributed by atoms with Crippen molar-refractivity contribution >= 4 is 5.95 Å². The number of nitrogens with zero attached hydrogens (tertiary/aromatic N) is 2. The first-order chi connectivity index (χ1) is 6.90. The minimum Gasteiger partial charge on any atom is -0.342 e. The fourth-order valence-corrected chi connectivity index (χ4v) is 2.04. The largest absolute Gasteiger partial charge is 0.342 e. The Hall–Kier alpha value is -1.03. The Morgan fingerprint density at radius 1 is 1.57 bits per heavy atom. The van der Waals surface area contributed by atoms with Gasteiger partial charge in [-0.2, -0.15) is 0 Å². The molecule has 1 unspecified atom stereocenters. The third-order valence-electron chi connectivity index (χ3n) is 2.89. The molecular weight excluding hydrogens is 176 g/mol. The van der Waals surface area contributed by atoms with Gasteiger partial charge < -0.3 is 15.6 Å². The molecule has 0 amide bonds. The highest BCUT2D eigenvalue weighted by molar-refractivity contribution is 5.29. The van der Waals surface area contributed by atoms with E-state index in [9.17, 15) is 0 Å². The van der Waals surface area contributed by atoms with Crippen LogP contribution in [0.5, 0.6) is 0 Å². The second kappa shape index (κ2) is 4.46. The predicted octanol–water partition coefficient (Wildman–Crippen LogP) is 0.975. The normalized spacial score (nSPS) is 23.5. The van der Waals surface area contributed by atoms with Gasteiger partial charge in [-0.3, -0.25) is 0 Å². The van der Waals surface area contributed by atoms with E-state index in [2.05, 4.69) is 14.9 Å². The maximum atomic E-state index is 5.73. The third-order valence-corrected chi connectivity index (χ3v) is 2.89. The van der Waals surface area contributed by atoms with E-state index < -0.39 is 0 Å². The van der Waals surface area contributed by atoms with Crippen molar-refractivity contribution in [2.75, 3.05) is 24.5 Å². The highest BCUT2D eigenvalue weighted by Crippen LogP contribution is 2.18. The van der Waals surface area contributed by atoms with Gasteiger partial charge in [0.1, 0.15) is 0 Å². The van der Waals surface area contributed by atoms with E-state index >= 15 is 0 Å². The summed E-state index contributed by atoms with van der Waals surface area (Å²) in [4.78, 5) is 9.74. The van der Waals surface area contributed by atoms with Gasteiger partial charge in [-0.05, 0) is 25.3 Å². The minimum absolute atomic E-state index is 0.627. The number of aromatic nitrogens is 2. The molecule has 0 bridgehead atoms. The first-order valence-corrected chi connectivity index (χ1v) is 5.34. The Bertz CT molecular complexity index is 257. The highest BCUT2D eigenvalue weighted by atomic mass is 15.3. The maximum Gasteiger partial charge on any atom is 0.202 e. The van der Waals surface area contributed by atoms with Crippen molar-refractivity contribution in [1.82, 2.24) is 9.97 Å². The Kier molecular flexibility index (Phi) is 3.03. The number of anilines is 1. The highest BCUT2D eigenvalue weighted by Gasteiger charge is 2.18. The second-order valence-electron chi connectivity index (χ2n) is 3.96. The average Bonchev–Trinajstić information content (AvgIpc) is 2.63. The lowest BCUT2D eigenvalue weighted by atomic mass is 10.0. The Morgan fingerprint density at radius 3 is 3.21 bits per heavy atom. The quantitative estimate of drug-likeness (QED) is 0.737. The van der Waals surface area contributed by atoms with Gasteiger partial charge in [0, 0.05) is 25.5 Å². The van der Waals surface area contributed by atoms with Crippen molar-refractivity contribution in [1.29, 1.82) is 0 Å². The Labute approximate surface area is 84.5 Å². The van der Waals surface area contributed by atoms with Crippen LogP contribution in [0.15, 0.2) is 12.4 Å². The number of nitrogens with two attached hydrogens (primary N) is 1. The van der Waals surface area contributed by atoms with Gasteiger partial charge in [-0.1, -0.05) is 6.42 Å². The van der Waals surface area contributed by atoms with E-state index in [1.807, 2.05) is 6.20 Å². The number of aromatic amines is 1. The molecule has 78 valence electrons. The molecule has 3 N–H and O–H groups in total. The lowest BCUT2D eigenvalue weighted by Crippen LogP contribution is -2.32. The van der Waals surface area contributed by atoms with Crippen LogP contribution in [-0.4, -0.2) is 29.6 Å². The lowest BCUT2D eigenvalue weighted by Gasteiger charge is -2.22. The van der Waals surface area contributed by atoms with Crippen LogP contribution in [0.3, 0.4) is 0 Å². The van der Waals surface area contributed by atoms with Crippen LogP contribution in [-0.2, 0) is 0 Å². The molecular formula is C10H18N4. The minimum atomic E-state index is 0.627. The zero-order valence-corrected chi connectivity index (χ0v) is 8.45. The van der Waals surface area contributed by atoms with E-state index in [1.54, 1.807) is 6.20 Å². The van der Waals surface area contributed by atoms with Gasteiger partial charge in [0.2, 0.25) is 5.95 Å². The van der Waals surface area contributed by atoms with Crippen molar-refractivity contribution in [2.45, 2.75) is 19.3 Å². The van der Waals surface area contributed by atoms with Gasteiger partial charge in [0.25, 0.3) is 0 Å². The van der Waals surface area contributed by atoms with Crippen LogP contribution in [0.2, 0.25) is 0 Å². The molecule has 0 saturated carbocycles. The molecule has 4 nitrogen and oxygen atoms in total. The first kappa shape index (κ1) is 9.52. The maximum absolute atomic E-state index is 5.73. The molecule has 1 aliphatic rings. The van der Waals surface area contributed by atoms with Crippen LogP contribution in [0.1, 0.15) is 19.3 Å². The van der Waals surface area contributed by atoms with E-state index in [-0.39, 0.29) is 0 Å². The van der Waals surface area contributed by atoms with Crippen LogP contribution in [0, 0.1) is 5.92 Å². The summed E-state index contributed by atoms with van der Waals surface area (Å²) in [5, 5.41) is 0. The molecule has 0 spiro atoms. The monoisotopic (exact) mass is 194 g/mol. The zero-order chi connectivity index (χ0) is 9.80. The molecule has 1 aromatic heterocycles. The summed E-state index contributed by atoms with van der Waals surface area (Å²) >= 11 is 0. The third kappa shape index (κ3) is 2.07. The smallest absolute Gasteiger partial charge is 0.202 e. The van der Waals surface area contributed by atoms with Gasteiger partial charge in [0.15, 0.2) is 0 Å². The number of rotatable bonds is 2. The number of hydrogen-bond acceptors (Lipinski definition) is 3. The molecule has 1 atom stereocenters. The van der Waals surface area contributed by atoms with E-state index in [1.165, 1.54) is 19.3 Å². The molecule has 14 heavy (non-hydrogen) atoms. The summed E-state index contributed by atoms with van der Waals surface area (Å²) in [6, 6.07) is 0. The van der Waals surface area contributed by atoms with Crippen LogP contribution >= 0.6 is 0 Å². The molecule has 1 fully saturated rings. The number of H-pyrrole nitrogens is 1. The Morgan fingerprint density at radius 2 is 2.50 bits per heavy atom. The summed E-state index contributed by atoms with van der Waals surface area (Å²) in [6.07, 6.45) is 7.47. The second-order valence-corrected chi connectivity index (χ2v) is 3.96. The summed E-state index contributed by atoms with van der Waals surface area (Å²) in [6.45, 7) is 2.94. The van der Waals surface area contributed by atoms with Gasteiger partial charge in [0.05, 0.1) is 0 Å². The standard InChI is InChI=1S/C10H18N4/c11-7-9-3-1-2-6-14(8-9)10-12-4-5-13-10/h4-5,9H,1-3,6-8,11H2,(H,12,13). The first-order valence-electron chi connectivity index (χ1n) is 5.34. The topological polar surface area (TPSA) is 57.9 Å². The summed E-state index contributed by atoms with van der Waals surface area (Å²) in [5.74, 6) is 1.62. The van der Waals surface area contributed by atoms with Crippen molar-refractivity contribution in [3.63, 3.8) is 0 Å². The average molecular weight is 194 g/mol. The van der Waals surface area contributed by atoms with E-state index in [0.717, 1.165) is 25.6 Å². The van der Waals surface area contributed by atoms with Crippen LogP contribution in [0.25, 0.3) is 0 Å².